The molecule has 86 valence electrons. The van der Waals surface area contributed by atoms with E-state index in [0.29, 0.717) is 13.2 Å². The Morgan fingerprint density at radius 1 is 1.36 bits per heavy atom. The molecule has 0 aromatic rings. The topological polar surface area (TPSA) is 41.9 Å². The first-order chi connectivity index (χ1) is 6.83. The van der Waals surface area contributed by atoms with E-state index in [-0.39, 0.29) is 6.10 Å². The molecule has 4 nitrogen and oxygen atoms in total. The van der Waals surface area contributed by atoms with Gasteiger partial charge in [-0.15, -0.1) is 0 Å². The summed E-state index contributed by atoms with van der Waals surface area (Å²) in [6.07, 6.45) is -0.368. The maximum atomic E-state index is 9.39. The number of aliphatic hydroxyl groups excluding tert-OH is 1. The van der Waals surface area contributed by atoms with E-state index in [1.807, 2.05) is 13.8 Å². The first kappa shape index (κ1) is 13.8. The number of rotatable bonds is 4. The average Bonchev–Trinajstić information content (AvgIpc) is 2.22. The van der Waals surface area contributed by atoms with Crippen LogP contribution in [0.25, 0.3) is 0 Å². The molecule has 1 aliphatic heterocycles. The molecule has 14 heavy (non-hydrogen) atoms. The van der Waals surface area contributed by atoms with Crippen molar-refractivity contribution in [2.45, 2.75) is 20.0 Å². The van der Waals surface area contributed by atoms with Gasteiger partial charge in [-0.3, -0.25) is 4.90 Å². The normalized spacial score (nSPS) is 19.7. The van der Waals surface area contributed by atoms with Gasteiger partial charge in [-0.25, -0.2) is 0 Å². The standard InChI is InChI=1S/C8H17NO3.C2H6/c1-11-7-8(10)6-9-2-4-12-5-3-9;1-2/h8,10H,2-7H2,1H3;1-2H3. The fourth-order valence-corrected chi connectivity index (χ4v) is 1.33. The monoisotopic (exact) mass is 205 g/mol. The van der Waals surface area contributed by atoms with Gasteiger partial charge in [-0.1, -0.05) is 13.8 Å². The molecule has 1 unspecified atom stereocenters. The number of aliphatic hydroxyl groups is 1. The SMILES string of the molecule is CC.COCC(O)CN1CCOCC1. The van der Waals surface area contributed by atoms with Crippen LogP contribution in [0.4, 0.5) is 0 Å². The van der Waals surface area contributed by atoms with Gasteiger partial charge < -0.3 is 14.6 Å². The van der Waals surface area contributed by atoms with E-state index < -0.39 is 0 Å². The Balaban J connectivity index is 0.000000791. The molecule has 0 saturated carbocycles. The van der Waals surface area contributed by atoms with Crippen molar-refractivity contribution in [3.05, 3.63) is 0 Å². The number of ether oxygens (including phenoxy) is 2. The van der Waals surface area contributed by atoms with Crippen molar-refractivity contribution in [3.8, 4) is 0 Å². The molecule has 4 heteroatoms. The molecule has 1 atom stereocenters. The summed E-state index contributed by atoms with van der Waals surface area (Å²) in [7, 11) is 1.60. The highest BCUT2D eigenvalue weighted by atomic mass is 16.5. The molecule has 1 fully saturated rings. The zero-order valence-corrected chi connectivity index (χ0v) is 9.53. The van der Waals surface area contributed by atoms with Crippen LogP contribution >= 0.6 is 0 Å². The zero-order chi connectivity index (χ0) is 10.8. The van der Waals surface area contributed by atoms with Crippen LogP contribution in [0, 0.1) is 0 Å². The quantitative estimate of drug-likeness (QED) is 0.719. The van der Waals surface area contributed by atoms with Gasteiger partial charge in [0.25, 0.3) is 0 Å². The van der Waals surface area contributed by atoms with Crippen LogP contribution < -0.4 is 0 Å². The second-order valence-corrected chi connectivity index (χ2v) is 3.02. The van der Waals surface area contributed by atoms with Crippen molar-refractivity contribution in [2.75, 3.05) is 46.6 Å². The van der Waals surface area contributed by atoms with Gasteiger partial charge >= 0.3 is 0 Å². The van der Waals surface area contributed by atoms with Gasteiger partial charge in [-0.2, -0.15) is 0 Å². The third-order valence-electron chi connectivity index (χ3n) is 1.93. The summed E-state index contributed by atoms with van der Waals surface area (Å²) in [5.41, 5.74) is 0. The van der Waals surface area contributed by atoms with Gasteiger partial charge in [0.15, 0.2) is 0 Å². The predicted octanol–water partition coefficient (Wildman–Crippen LogP) is 0.352. The molecule has 0 spiro atoms. The molecule has 0 aromatic carbocycles. The Kier molecular flexibility index (Phi) is 9.29. The maximum Gasteiger partial charge on any atom is 0.0900 e. The van der Waals surface area contributed by atoms with Crippen molar-refractivity contribution in [1.29, 1.82) is 0 Å². The van der Waals surface area contributed by atoms with Crippen LogP contribution in [0.5, 0.6) is 0 Å². The van der Waals surface area contributed by atoms with Crippen LogP contribution in [-0.2, 0) is 9.47 Å². The Labute approximate surface area is 86.8 Å². The van der Waals surface area contributed by atoms with Crippen molar-refractivity contribution >= 4 is 0 Å². The van der Waals surface area contributed by atoms with Crippen molar-refractivity contribution < 1.29 is 14.6 Å². The number of morpholine rings is 1. The second kappa shape index (κ2) is 9.40. The van der Waals surface area contributed by atoms with E-state index in [1.54, 1.807) is 7.11 Å². The van der Waals surface area contributed by atoms with Crippen LogP contribution in [-0.4, -0.2) is 62.7 Å². The molecule has 0 aliphatic carbocycles. The number of β-amino-alcohol motifs (C(OH)–C–C–N with tert-alkyl or cyclic N) is 1. The van der Waals surface area contributed by atoms with Crippen molar-refractivity contribution in [3.63, 3.8) is 0 Å². The van der Waals surface area contributed by atoms with Crippen LogP contribution in [0.3, 0.4) is 0 Å². The smallest absolute Gasteiger partial charge is 0.0900 e. The van der Waals surface area contributed by atoms with Crippen LogP contribution in [0.15, 0.2) is 0 Å². The average molecular weight is 205 g/mol. The Morgan fingerprint density at radius 2 is 1.93 bits per heavy atom. The van der Waals surface area contributed by atoms with E-state index in [9.17, 15) is 5.11 Å². The third-order valence-corrected chi connectivity index (χ3v) is 1.93. The highest BCUT2D eigenvalue weighted by Crippen LogP contribution is 1.98. The number of hydrogen-bond donors (Lipinski definition) is 1. The Morgan fingerprint density at radius 3 is 2.43 bits per heavy atom. The lowest BCUT2D eigenvalue weighted by atomic mass is 10.3. The summed E-state index contributed by atoms with van der Waals surface area (Å²) in [6.45, 7) is 8.50. The summed E-state index contributed by atoms with van der Waals surface area (Å²) in [5.74, 6) is 0. The fourth-order valence-electron chi connectivity index (χ4n) is 1.33. The number of nitrogens with zero attached hydrogens (tertiary/aromatic N) is 1. The fraction of sp³-hybridized carbons (Fsp3) is 1.00. The lowest BCUT2D eigenvalue weighted by Crippen LogP contribution is -2.42. The largest absolute Gasteiger partial charge is 0.389 e. The summed E-state index contributed by atoms with van der Waals surface area (Å²) >= 11 is 0. The van der Waals surface area contributed by atoms with E-state index in [0.717, 1.165) is 26.3 Å². The van der Waals surface area contributed by atoms with Gasteiger partial charge in [0.2, 0.25) is 0 Å². The molecule has 1 saturated heterocycles. The van der Waals surface area contributed by atoms with E-state index in [1.165, 1.54) is 0 Å². The number of methoxy groups -OCH3 is 1. The minimum Gasteiger partial charge on any atom is -0.389 e. The Bertz CT molecular complexity index is 116. The molecule has 1 aliphatic rings. The molecule has 1 heterocycles. The van der Waals surface area contributed by atoms with Crippen molar-refractivity contribution in [1.82, 2.24) is 4.90 Å². The molecule has 0 amide bonds. The van der Waals surface area contributed by atoms with Gasteiger partial charge in [-0.05, 0) is 0 Å². The molecular formula is C10H23NO3. The molecular weight excluding hydrogens is 182 g/mol. The summed E-state index contributed by atoms with van der Waals surface area (Å²) in [6, 6.07) is 0. The van der Waals surface area contributed by atoms with E-state index >= 15 is 0 Å². The summed E-state index contributed by atoms with van der Waals surface area (Å²) in [5, 5.41) is 9.39. The minimum atomic E-state index is -0.368. The van der Waals surface area contributed by atoms with Gasteiger partial charge in [0, 0.05) is 26.7 Å². The van der Waals surface area contributed by atoms with Crippen LogP contribution in [0.1, 0.15) is 13.8 Å². The van der Waals surface area contributed by atoms with Crippen LogP contribution in [0.2, 0.25) is 0 Å². The third kappa shape index (κ3) is 6.32. The van der Waals surface area contributed by atoms with E-state index in [4.69, 9.17) is 9.47 Å². The highest BCUT2D eigenvalue weighted by Gasteiger charge is 2.13. The van der Waals surface area contributed by atoms with E-state index in [2.05, 4.69) is 4.90 Å². The first-order valence-electron chi connectivity index (χ1n) is 5.30. The highest BCUT2D eigenvalue weighted by molar-refractivity contribution is 4.66. The summed E-state index contributed by atoms with van der Waals surface area (Å²) < 4.78 is 10.0. The lowest BCUT2D eigenvalue weighted by Gasteiger charge is -2.28. The lowest BCUT2D eigenvalue weighted by molar-refractivity contribution is -0.00525. The molecule has 1 rings (SSSR count). The Hall–Kier alpha value is -0.160. The molecule has 0 radical (unpaired) electrons. The zero-order valence-electron chi connectivity index (χ0n) is 9.53. The predicted molar refractivity (Wildman–Crippen MR) is 56.5 cm³/mol. The first-order valence-corrected chi connectivity index (χ1v) is 5.30. The second-order valence-electron chi connectivity index (χ2n) is 3.02. The molecule has 0 aromatic heterocycles. The molecule has 0 bridgehead atoms. The summed E-state index contributed by atoms with van der Waals surface area (Å²) in [4.78, 5) is 2.19. The van der Waals surface area contributed by atoms with Gasteiger partial charge in [0.1, 0.15) is 0 Å². The van der Waals surface area contributed by atoms with Gasteiger partial charge in [0.05, 0.1) is 25.9 Å². The minimum absolute atomic E-state index is 0.368. The molecule has 1 N–H and O–H groups in total. The number of hydrogen-bond acceptors (Lipinski definition) is 4. The van der Waals surface area contributed by atoms with Crippen molar-refractivity contribution in [2.24, 2.45) is 0 Å². The maximum absolute atomic E-state index is 9.39.